The molecule has 0 bridgehead atoms. The van der Waals surface area contributed by atoms with Gasteiger partial charge in [0.05, 0.1) is 6.61 Å². The zero-order valence-electron chi connectivity index (χ0n) is 15.2. The van der Waals surface area contributed by atoms with E-state index in [4.69, 9.17) is 9.73 Å². The van der Waals surface area contributed by atoms with Crippen molar-refractivity contribution in [3.8, 4) is 0 Å². The third-order valence-electron chi connectivity index (χ3n) is 5.35. The van der Waals surface area contributed by atoms with Gasteiger partial charge in [0.15, 0.2) is 5.96 Å². The van der Waals surface area contributed by atoms with Gasteiger partial charge in [0.1, 0.15) is 0 Å². The van der Waals surface area contributed by atoms with Crippen LogP contribution in [0.1, 0.15) is 37.8 Å². The fraction of sp³-hybridized carbons (Fsp3) is 0.650. The Morgan fingerprint density at radius 3 is 2.67 bits per heavy atom. The Kier molecular flexibility index (Phi) is 5.77. The largest absolute Gasteiger partial charge is 0.381 e. The van der Waals surface area contributed by atoms with Crippen LogP contribution < -0.4 is 5.32 Å². The first-order chi connectivity index (χ1) is 11.7. The molecule has 1 aromatic rings. The van der Waals surface area contributed by atoms with Crippen molar-refractivity contribution < 1.29 is 4.74 Å². The van der Waals surface area contributed by atoms with Crippen molar-refractivity contribution in [1.82, 2.24) is 10.2 Å². The SMILES string of the molecule is CCNC(=NCCc1ccc(CC)cc1)N1CCC2(CCOC2)C1. The summed E-state index contributed by atoms with van der Waals surface area (Å²) < 4.78 is 5.64. The van der Waals surface area contributed by atoms with Gasteiger partial charge in [0, 0.05) is 38.2 Å². The summed E-state index contributed by atoms with van der Waals surface area (Å²) in [6.07, 6.45) is 4.53. The third kappa shape index (κ3) is 4.10. The number of ether oxygens (including phenoxy) is 1. The highest BCUT2D eigenvalue weighted by atomic mass is 16.5. The molecule has 0 amide bonds. The Bertz CT molecular complexity index is 547. The number of rotatable bonds is 5. The summed E-state index contributed by atoms with van der Waals surface area (Å²) in [5, 5.41) is 3.47. The topological polar surface area (TPSA) is 36.9 Å². The number of guanidine groups is 1. The van der Waals surface area contributed by atoms with E-state index in [1.807, 2.05) is 0 Å². The summed E-state index contributed by atoms with van der Waals surface area (Å²) in [6, 6.07) is 8.94. The molecule has 132 valence electrons. The van der Waals surface area contributed by atoms with E-state index in [1.54, 1.807) is 0 Å². The first kappa shape index (κ1) is 17.3. The molecule has 0 aliphatic carbocycles. The maximum Gasteiger partial charge on any atom is 0.193 e. The molecular formula is C20H31N3O. The lowest BCUT2D eigenvalue weighted by Gasteiger charge is -2.25. The first-order valence-electron chi connectivity index (χ1n) is 9.43. The van der Waals surface area contributed by atoms with Crippen LogP contribution >= 0.6 is 0 Å². The minimum Gasteiger partial charge on any atom is -0.381 e. The van der Waals surface area contributed by atoms with Crippen LogP contribution in [-0.4, -0.2) is 50.3 Å². The second kappa shape index (κ2) is 8.02. The average Bonchev–Trinajstić information content (AvgIpc) is 3.25. The standard InChI is InChI=1S/C20H31N3O/c1-3-17-5-7-18(8-6-17)9-12-22-19(21-4-2)23-13-10-20(15-23)11-14-24-16-20/h5-8H,3-4,9-16H2,1-2H3,(H,21,22). The summed E-state index contributed by atoms with van der Waals surface area (Å²) >= 11 is 0. The fourth-order valence-corrected chi connectivity index (χ4v) is 3.75. The highest BCUT2D eigenvalue weighted by Gasteiger charge is 2.42. The highest BCUT2D eigenvalue weighted by Crippen LogP contribution is 2.38. The summed E-state index contributed by atoms with van der Waals surface area (Å²) in [5.74, 6) is 1.08. The molecular weight excluding hydrogens is 298 g/mol. The van der Waals surface area contributed by atoms with Crippen molar-refractivity contribution in [1.29, 1.82) is 0 Å². The van der Waals surface area contributed by atoms with E-state index in [1.165, 1.54) is 24.0 Å². The summed E-state index contributed by atoms with van der Waals surface area (Å²) in [6.45, 7) is 10.1. The molecule has 2 heterocycles. The molecule has 2 aliphatic rings. The third-order valence-corrected chi connectivity index (χ3v) is 5.35. The van der Waals surface area contributed by atoms with Gasteiger partial charge in [0.25, 0.3) is 0 Å². The minimum atomic E-state index is 0.381. The quantitative estimate of drug-likeness (QED) is 0.667. The number of aliphatic imine (C=N–C) groups is 1. The number of nitrogens with one attached hydrogen (secondary N) is 1. The summed E-state index contributed by atoms with van der Waals surface area (Å²) in [7, 11) is 0. The predicted octanol–water partition coefficient (Wildman–Crippen LogP) is 2.87. The molecule has 2 saturated heterocycles. The van der Waals surface area contributed by atoms with Gasteiger partial charge in [-0.1, -0.05) is 31.2 Å². The van der Waals surface area contributed by atoms with Gasteiger partial charge in [-0.15, -0.1) is 0 Å². The molecule has 24 heavy (non-hydrogen) atoms. The van der Waals surface area contributed by atoms with Gasteiger partial charge in [-0.3, -0.25) is 4.99 Å². The van der Waals surface area contributed by atoms with Crippen molar-refractivity contribution in [3.05, 3.63) is 35.4 Å². The fourth-order valence-electron chi connectivity index (χ4n) is 3.75. The molecule has 1 spiro atoms. The van der Waals surface area contributed by atoms with Crippen molar-refractivity contribution in [2.75, 3.05) is 39.4 Å². The van der Waals surface area contributed by atoms with Crippen molar-refractivity contribution in [2.24, 2.45) is 10.4 Å². The molecule has 4 nitrogen and oxygen atoms in total. The second-order valence-electron chi connectivity index (χ2n) is 7.13. The van der Waals surface area contributed by atoms with Gasteiger partial charge in [-0.25, -0.2) is 0 Å². The number of aryl methyl sites for hydroxylation is 1. The summed E-state index contributed by atoms with van der Waals surface area (Å²) in [4.78, 5) is 7.31. The van der Waals surface area contributed by atoms with Crippen LogP contribution in [0.3, 0.4) is 0 Å². The van der Waals surface area contributed by atoms with Gasteiger partial charge in [-0.2, -0.15) is 0 Å². The van der Waals surface area contributed by atoms with E-state index < -0.39 is 0 Å². The minimum absolute atomic E-state index is 0.381. The monoisotopic (exact) mass is 329 g/mol. The normalized spacial score (nSPS) is 24.1. The molecule has 0 aromatic heterocycles. The molecule has 4 heteroatoms. The zero-order chi connectivity index (χ0) is 16.8. The smallest absolute Gasteiger partial charge is 0.193 e. The van der Waals surface area contributed by atoms with Crippen LogP contribution in [0.5, 0.6) is 0 Å². The number of hydrogen-bond donors (Lipinski definition) is 1. The number of benzene rings is 1. The van der Waals surface area contributed by atoms with Crippen LogP contribution in [0.15, 0.2) is 29.3 Å². The highest BCUT2D eigenvalue weighted by molar-refractivity contribution is 5.80. The van der Waals surface area contributed by atoms with Gasteiger partial charge in [-0.05, 0) is 43.7 Å². The van der Waals surface area contributed by atoms with E-state index >= 15 is 0 Å². The Labute approximate surface area is 146 Å². The van der Waals surface area contributed by atoms with Crippen molar-refractivity contribution in [3.63, 3.8) is 0 Å². The molecule has 3 rings (SSSR count). The second-order valence-corrected chi connectivity index (χ2v) is 7.13. The number of hydrogen-bond acceptors (Lipinski definition) is 2. The molecule has 2 fully saturated rings. The van der Waals surface area contributed by atoms with E-state index in [-0.39, 0.29) is 0 Å². The average molecular weight is 329 g/mol. The van der Waals surface area contributed by atoms with Gasteiger partial charge < -0.3 is 15.0 Å². The molecule has 1 N–H and O–H groups in total. The van der Waals surface area contributed by atoms with Crippen LogP contribution in [0, 0.1) is 5.41 Å². The predicted molar refractivity (Wildman–Crippen MR) is 99.6 cm³/mol. The van der Waals surface area contributed by atoms with Crippen LogP contribution in [0.25, 0.3) is 0 Å². The van der Waals surface area contributed by atoms with Crippen LogP contribution in [0.2, 0.25) is 0 Å². The Morgan fingerprint density at radius 2 is 2.00 bits per heavy atom. The number of nitrogens with zero attached hydrogens (tertiary/aromatic N) is 2. The molecule has 0 saturated carbocycles. The lowest BCUT2D eigenvalue weighted by atomic mass is 9.87. The molecule has 0 radical (unpaired) electrons. The molecule has 2 aliphatic heterocycles. The Balaban J connectivity index is 1.57. The van der Waals surface area contributed by atoms with E-state index in [0.717, 1.165) is 58.2 Å². The van der Waals surface area contributed by atoms with E-state index in [2.05, 4.69) is 48.3 Å². The molecule has 1 aromatic carbocycles. The maximum atomic E-state index is 5.64. The zero-order valence-corrected chi connectivity index (χ0v) is 15.2. The van der Waals surface area contributed by atoms with E-state index in [9.17, 15) is 0 Å². The molecule has 1 atom stereocenters. The molecule has 1 unspecified atom stereocenters. The van der Waals surface area contributed by atoms with Crippen LogP contribution in [-0.2, 0) is 17.6 Å². The van der Waals surface area contributed by atoms with Gasteiger partial charge >= 0.3 is 0 Å². The van der Waals surface area contributed by atoms with Crippen molar-refractivity contribution in [2.45, 2.75) is 39.5 Å². The van der Waals surface area contributed by atoms with Crippen LogP contribution in [0.4, 0.5) is 0 Å². The van der Waals surface area contributed by atoms with Gasteiger partial charge in [0.2, 0.25) is 0 Å². The van der Waals surface area contributed by atoms with E-state index in [0.29, 0.717) is 5.41 Å². The van der Waals surface area contributed by atoms with Crippen molar-refractivity contribution >= 4 is 5.96 Å². The first-order valence-corrected chi connectivity index (χ1v) is 9.43. The Hall–Kier alpha value is -1.55. The lowest BCUT2D eigenvalue weighted by Crippen LogP contribution is -2.41. The Morgan fingerprint density at radius 1 is 1.21 bits per heavy atom. The maximum absolute atomic E-state index is 5.64. The number of likely N-dealkylation sites (tertiary alicyclic amines) is 1. The summed E-state index contributed by atoms with van der Waals surface area (Å²) in [5.41, 5.74) is 3.15. The lowest BCUT2D eigenvalue weighted by molar-refractivity contribution is 0.156.